The van der Waals surface area contributed by atoms with Crippen LogP contribution < -0.4 is 0 Å². The molecule has 0 saturated carbocycles. The molecule has 1 N–H and O–H groups in total. The molecule has 0 amide bonds. The Morgan fingerprint density at radius 1 is 1.33 bits per heavy atom. The van der Waals surface area contributed by atoms with Crippen LogP contribution in [0.5, 0.6) is 0 Å². The lowest BCUT2D eigenvalue weighted by Gasteiger charge is -1.98. The first-order chi connectivity index (χ1) is 10.2. The third-order valence-corrected chi connectivity index (χ3v) is 2.93. The summed E-state index contributed by atoms with van der Waals surface area (Å²) in [6.07, 6.45) is 1.64. The molecule has 0 saturated heterocycles. The zero-order chi connectivity index (χ0) is 14.7. The van der Waals surface area contributed by atoms with Gasteiger partial charge >= 0.3 is 5.97 Å². The maximum atomic E-state index is 11.6. The molecule has 0 spiro atoms. The molecular weight excluding hydrogens is 294 g/mol. The summed E-state index contributed by atoms with van der Waals surface area (Å²) in [6.45, 7) is -0.0918. The van der Waals surface area contributed by atoms with Crippen LogP contribution in [0, 0.1) is 0 Å². The van der Waals surface area contributed by atoms with Gasteiger partial charge in [0.15, 0.2) is 6.61 Å². The molecule has 106 valence electrons. The minimum absolute atomic E-state index is 0.0918. The Morgan fingerprint density at radius 3 is 3.00 bits per heavy atom. The van der Waals surface area contributed by atoms with E-state index < -0.39 is 5.97 Å². The molecule has 3 rings (SSSR count). The molecule has 0 aliphatic carbocycles. The Balaban J connectivity index is 1.67. The highest BCUT2D eigenvalue weighted by atomic mass is 35.5. The van der Waals surface area contributed by atoms with Crippen LogP contribution in [0.4, 0.5) is 0 Å². The van der Waals surface area contributed by atoms with E-state index in [1.165, 1.54) is 0 Å². The largest absolute Gasteiger partial charge is 0.451 e. The number of aromatic nitrogens is 3. The van der Waals surface area contributed by atoms with Crippen LogP contribution in [-0.2, 0) is 11.3 Å². The fourth-order valence-corrected chi connectivity index (χ4v) is 1.91. The van der Waals surface area contributed by atoms with Crippen LogP contribution in [-0.4, -0.2) is 21.1 Å². The normalized spacial score (nSPS) is 10.5. The van der Waals surface area contributed by atoms with Crippen molar-refractivity contribution >= 4 is 17.6 Å². The summed E-state index contributed by atoms with van der Waals surface area (Å²) in [6, 6.07) is 10.4. The topological polar surface area (TPSA) is 81.0 Å². The predicted molar refractivity (Wildman–Crippen MR) is 74.7 cm³/mol. The molecule has 1 aromatic carbocycles. The van der Waals surface area contributed by atoms with Gasteiger partial charge in [0.05, 0.1) is 0 Å². The Morgan fingerprint density at radius 2 is 2.24 bits per heavy atom. The molecule has 0 unspecified atom stereocenters. The standard InChI is InChI=1S/C14H10ClN3O3/c15-10-4-1-3-9(7-10)13-17-12(21-18-13)8-20-14(19)11-5-2-6-16-11/h1-7,16H,8H2. The van der Waals surface area contributed by atoms with Crippen molar-refractivity contribution in [3.05, 3.63) is 59.2 Å². The Hall–Kier alpha value is -2.60. The molecule has 3 aromatic rings. The van der Waals surface area contributed by atoms with E-state index in [1.54, 1.807) is 36.5 Å². The van der Waals surface area contributed by atoms with Gasteiger partial charge in [-0.05, 0) is 24.3 Å². The van der Waals surface area contributed by atoms with Crippen LogP contribution in [0.3, 0.4) is 0 Å². The second-order valence-corrected chi connectivity index (χ2v) is 4.62. The van der Waals surface area contributed by atoms with Crippen molar-refractivity contribution < 1.29 is 14.1 Å². The number of carbonyl (C=O) groups excluding carboxylic acids is 1. The number of nitrogens with zero attached hydrogens (tertiary/aromatic N) is 2. The molecule has 0 aliphatic rings. The van der Waals surface area contributed by atoms with Gasteiger partial charge in [-0.15, -0.1) is 0 Å². The van der Waals surface area contributed by atoms with Gasteiger partial charge < -0.3 is 14.2 Å². The zero-order valence-electron chi connectivity index (χ0n) is 10.7. The maximum Gasteiger partial charge on any atom is 0.355 e. The number of halogens is 1. The predicted octanol–water partition coefficient (Wildman–Crippen LogP) is 3.08. The molecule has 2 heterocycles. The Bertz CT molecular complexity index is 752. The third-order valence-electron chi connectivity index (χ3n) is 2.70. The van der Waals surface area contributed by atoms with Crippen LogP contribution in [0.1, 0.15) is 16.4 Å². The van der Waals surface area contributed by atoms with Crippen LogP contribution in [0.2, 0.25) is 5.02 Å². The number of H-pyrrole nitrogens is 1. The first-order valence-electron chi connectivity index (χ1n) is 6.11. The van der Waals surface area contributed by atoms with Gasteiger partial charge in [0.2, 0.25) is 5.82 Å². The summed E-state index contributed by atoms with van der Waals surface area (Å²) < 4.78 is 10.1. The van der Waals surface area contributed by atoms with Crippen LogP contribution in [0.15, 0.2) is 47.1 Å². The fraction of sp³-hybridized carbons (Fsp3) is 0.0714. The highest BCUT2D eigenvalue weighted by Crippen LogP contribution is 2.20. The molecule has 2 aromatic heterocycles. The van der Waals surface area contributed by atoms with Gasteiger partial charge in [-0.1, -0.05) is 28.9 Å². The molecule has 6 nitrogen and oxygen atoms in total. The Labute approximate surface area is 124 Å². The van der Waals surface area contributed by atoms with E-state index >= 15 is 0 Å². The molecular formula is C14H10ClN3O3. The van der Waals surface area contributed by atoms with E-state index in [4.69, 9.17) is 20.9 Å². The summed E-state index contributed by atoms with van der Waals surface area (Å²) in [7, 11) is 0. The molecule has 0 radical (unpaired) electrons. The molecule has 21 heavy (non-hydrogen) atoms. The smallest absolute Gasteiger partial charge is 0.355 e. The minimum Gasteiger partial charge on any atom is -0.451 e. The monoisotopic (exact) mass is 303 g/mol. The minimum atomic E-state index is -0.484. The maximum absolute atomic E-state index is 11.6. The summed E-state index contributed by atoms with van der Waals surface area (Å²) in [5, 5.41) is 4.40. The Kier molecular flexibility index (Phi) is 3.70. The molecule has 7 heteroatoms. The van der Waals surface area contributed by atoms with Crippen molar-refractivity contribution in [2.24, 2.45) is 0 Å². The molecule has 0 fully saturated rings. The van der Waals surface area contributed by atoms with E-state index in [9.17, 15) is 4.79 Å². The van der Waals surface area contributed by atoms with Crippen molar-refractivity contribution in [2.45, 2.75) is 6.61 Å². The number of nitrogens with one attached hydrogen (secondary N) is 1. The van der Waals surface area contributed by atoms with Crippen molar-refractivity contribution in [3.63, 3.8) is 0 Å². The number of hydrogen-bond donors (Lipinski definition) is 1. The van der Waals surface area contributed by atoms with E-state index in [0.717, 1.165) is 5.56 Å². The number of rotatable bonds is 4. The number of esters is 1. The van der Waals surface area contributed by atoms with Crippen molar-refractivity contribution in [3.8, 4) is 11.4 Å². The average Bonchev–Trinajstić information content (AvgIpc) is 3.16. The van der Waals surface area contributed by atoms with Crippen molar-refractivity contribution in [1.29, 1.82) is 0 Å². The zero-order valence-corrected chi connectivity index (χ0v) is 11.5. The summed E-state index contributed by atoms with van der Waals surface area (Å²) in [5.41, 5.74) is 1.10. The lowest BCUT2D eigenvalue weighted by Crippen LogP contribution is -2.05. The van der Waals surface area contributed by atoms with Crippen LogP contribution in [0.25, 0.3) is 11.4 Å². The second-order valence-electron chi connectivity index (χ2n) is 4.18. The highest BCUT2D eigenvalue weighted by Gasteiger charge is 2.12. The summed E-state index contributed by atoms with van der Waals surface area (Å²) >= 11 is 5.90. The second kappa shape index (κ2) is 5.80. The lowest BCUT2D eigenvalue weighted by atomic mass is 10.2. The highest BCUT2D eigenvalue weighted by molar-refractivity contribution is 6.30. The number of benzene rings is 1. The first kappa shape index (κ1) is 13.4. The quantitative estimate of drug-likeness (QED) is 0.749. The third kappa shape index (κ3) is 3.11. The van der Waals surface area contributed by atoms with E-state index in [1.807, 2.05) is 6.07 Å². The number of ether oxygens (including phenoxy) is 1. The first-order valence-corrected chi connectivity index (χ1v) is 6.49. The lowest BCUT2D eigenvalue weighted by molar-refractivity contribution is 0.0423. The number of aromatic amines is 1. The number of carbonyl (C=O) groups is 1. The molecule has 0 bridgehead atoms. The van der Waals surface area contributed by atoms with Gasteiger partial charge in [-0.25, -0.2) is 4.79 Å². The summed E-state index contributed by atoms with van der Waals surface area (Å²) in [5.74, 6) is 0.121. The van der Waals surface area contributed by atoms with Gasteiger partial charge in [-0.2, -0.15) is 4.98 Å². The van der Waals surface area contributed by atoms with Crippen LogP contribution >= 0.6 is 11.6 Å². The van der Waals surface area contributed by atoms with E-state index in [2.05, 4.69) is 15.1 Å². The fourth-order valence-electron chi connectivity index (χ4n) is 1.72. The molecule has 0 aliphatic heterocycles. The summed E-state index contributed by atoms with van der Waals surface area (Å²) in [4.78, 5) is 18.5. The van der Waals surface area contributed by atoms with Gasteiger partial charge in [0.25, 0.3) is 5.89 Å². The van der Waals surface area contributed by atoms with Gasteiger partial charge in [-0.3, -0.25) is 0 Å². The van der Waals surface area contributed by atoms with Crippen molar-refractivity contribution in [2.75, 3.05) is 0 Å². The van der Waals surface area contributed by atoms with Crippen molar-refractivity contribution in [1.82, 2.24) is 15.1 Å². The molecule has 0 atom stereocenters. The average molecular weight is 304 g/mol. The van der Waals surface area contributed by atoms with E-state index in [0.29, 0.717) is 16.5 Å². The van der Waals surface area contributed by atoms with Gasteiger partial charge in [0.1, 0.15) is 5.69 Å². The van der Waals surface area contributed by atoms with Gasteiger partial charge in [0, 0.05) is 16.8 Å². The van der Waals surface area contributed by atoms with E-state index in [-0.39, 0.29) is 12.5 Å². The SMILES string of the molecule is O=C(OCc1nc(-c2cccc(Cl)c2)no1)c1ccc[nH]1. The number of hydrogen-bond acceptors (Lipinski definition) is 5.